The molecule has 1 N–H and O–H groups in total. The van der Waals surface area contributed by atoms with E-state index in [0.29, 0.717) is 5.88 Å². The SMILES string of the molecule is Cc1cc(NC(=O)N2CCCCCC2)on1. The first-order chi connectivity index (χ1) is 7.75. The largest absolute Gasteiger partial charge is 0.338 e. The summed E-state index contributed by atoms with van der Waals surface area (Å²) in [4.78, 5) is 13.7. The smallest absolute Gasteiger partial charge is 0.324 e. The fourth-order valence-corrected chi connectivity index (χ4v) is 1.88. The van der Waals surface area contributed by atoms with E-state index < -0.39 is 0 Å². The van der Waals surface area contributed by atoms with Gasteiger partial charge >= 0.3 is 6.03 Å². The van der Waals surface area contributed by atoms with Crippen molar-refractivity contribution in [3.8, 4) is 0 Å². The highest BCUT2D eigenvalue weighted by molar-refractivity contribution is 5.87. The van der Waals surface area contributed by atoms with E-state index in [0.717, 1.165) is 31.6 Å². The minimum absolute atomic E-state index is 0.0851. The molecule has 0 aromatic carbocycles. The van der Waals surface area contributed by atoms with Gasteiger partial charge in [-0.3, -0.25) is 5.32 Å². The van der Waals surface area contributed by atoms with E-state index in [1.807, 2.05) is 11.8 Å². The van der Waals surface area contributed by atoms with Gasteiger partial charge in [0.1, 0.15) is 0 Å². The molecule has 5 nitrogen and oxygen atoms in total. The van der Waals surface area contributed by atoms with E-state index in [4.69, 9.17) is 4.52 Å². The van der Waals surface area contributed by atoms with Crippen LogP contribution in [0.25, 0.3) is 0 Å². The van der Waals surface area contributed by atoms with Crippen molar-refractivity contribution in [2.24, 2.45) is 0 Å². The minimum Gasteiger partial charge on any atom is -0.338 e. The van der Waals surface area contributed by atoms with E-state index in [1.54, 1.807) is 6.07 Å². The normalized spacial score (nSPS) is 16.9. The molecule has 0 aliphatic carbocycles. The van der Waals surface area contributed by atoms with Crippen molar-refractivity contribution in [3.63, 3.8) is 0 Å². The summed E-state index contributed by atoms with van der Waals surface area (Å²) >= 11 is 0. The van der Waals surface area contributed by atoms with Gasteiger partial charge in [0.25, 0.3) is 0 Å². The van der Waals surface area contributed by atoms with Crippen molar-refractivity contribution < 1.29 is 9.32 Å². The highest BCUT2D eigenvalue weighted by Gasteiger charge is 2.16. The van der Waals surface area contributed by atoms with Gasteiger partial charge in [-0.15, -0.1) is 0 Å². The van der Waals surface area contributed by atoms with Crippen LogP contribution in [-0.4, -0.2) is 29.2 Å². The molecule has 1 saturated heterocycles. The van der Waals surface area contributed by atoms with Crippen molar-refractivity contribution >= 4 is 11.9 Å². The molecule has 0 spiro atoms. The lowest BCUT2D eigenvalue weighted by Gasteiger charge is -2.19. The Morgan fingerprint density at radius 1 is 1.38 bits per heavy atom. The summed E-state index contributed by atoms with van der Waals surface area (Å²) in [6, 6.07) is 1.63. The molecule has 1 aliphatic rings. The number of nitrogens with zero attached hydrogens (tertiary/aromatic N) is 2. The van der Waals surface area contributed by atoms with Crippen LogP contribution in [0.15, 0.2) is 10.6 Å². The second-order valence-corrected chi connectivity index (χ2v) is 4.16. The molecule has 0 saturated carbocycles. The third kappa shape index (κ3) is 2.74. The first-order valence-electron chi connectivity index (χ1n) is 5.75. The molecule has 0 unspecified atom stereocenters. The zero-order chi connectivity index (χ0) is 11.4. The highest BCUT2D eigenvalue weighted by Crippen LogP contribution is 2.13. The molecule has 0 atom stereocenters. The van der Waals surface area contributed by atoms with Crippen LogP contribution >= 0.6 is 0 Å². The van der Waals surface area contributed by atoms with Crippen molar-refractivity contribution in [3.05, 3.63) is 11.8 Å². The van der Waals surface area contributed by atoms with E-state index in [2.05, 4.69) is 10.5 Å². The number of likely N-dealkylation sites (tertiary alicyclic amines) is 1. The van der Waals surface area contributed by atoms with Gasteiger partial charge in [0.2, 0.25) is 5.88 Å². The second-order valence-electron chi connectivity index (χ2n) is 4.16. The lowest BCUT2D eigenvalue weighted by atomic mass is 10.2. The van der Waals surface area contributed by atoms with Crippen LogP contribution in [-0.2, 0) is 0 Å². The number of carbonyl (C=O) groups excluding carboxylic acids is 1. The number of nitrogens with one attached hydrogen (secondary N) is 1. The summed E-state index contributed by atoms with van der Waals surface area (Å²) in [6.45, 7) is 3.49. The number of hydrogen-bond donors (Lipinski definition) is 1. The van der Waals surface area contributed by atoms with Crippen LogP contribution in [0, 0.1) is 6.92 Å². The van der Waals surface area contributed by atoms with Gasteiger partial charge in [-0.25, -0.2) is 4.79 Å². The first kappa shape index (κ1) is 11.0. The van der Waals surface area contributed by atoms with Crippen LogP contribution in [0.3, 0.4) is 0 Å². The molecule has 5 heteroatoms. The summed E-state index contributed by atoms with van der Waals surface area (Å²) in [6.07, 6.45) is 4.60. The Balaban J connectivity index is 1.91. The number of anilines is 1. The van der Waals surface area contributed by atoms with Gasteiger partial charge in [0.15, 0.2) is 0 Å². The van der Waals surface area contributed by atoms with Crippen LogP contribution < -0.4 is 5.32 Å². The van der Waals surface area contributed by atoms with Gasteiger partial charge in [-0.05, 0) is 19.8 Å². The summed E-state index contributed by atoms with van der Waals surface area (Å²) in [7, 11) is 0. The van der Waals surface area contributed by atoms with Gasteiger partial charge < -0.3 is 9.42 Å². The summed E-state index contributed by atoms with van der Waals surface area (Å²) in [5.41, 5.74) is 0.770. The van der Waals surface area contributed by atoms with Crippen LogP contribution in [0.2, 0.25) is 0 Å². The standard InChI is InChI=1S/C11H17N3O2/c1-9-8-10(16-13-9)12-11(15)14-6-4-2-3-5-7-14/h8H,2-7H2,1H3,(H,12,15). The fourth-order valence-electron chi connectivity index (χ4n) is 1.88. The maximum Gasteiger partial charge on any atom is 0.324 e. The molecule has 16 heavy (non-hydrogen) atoms. The van der Waals surface area contributed by atoms with Crippen molar-refractivity contribution in [2.75, 3.05) is 18.4 Å². The Kier molecular flexibility index (Phi) is 3.44. The maximum absolute atomic E-state index is 11.9. The third-order valence-corrected chi connectivity index (χ3v) is 2.75. The summed E-state index contributed by atoms with van der Waals surface area (Å²) in [5.74, 6) is 0.423. The van der Waals surface area contributed by atoms with Crippen LogP contribution in [0.4, 0.5) is 10.7 Å². The Morgan fingerprint density at radius 3 is 2.62 bits per heavy atom. The molecular formula is C11H17N3O2. The minimum atomic E-state index is -0.0851. The van der Waals surface area contributed by atoms with E-state index >= 15 is 0 Å². The van der Waals surface area contributed by atoms with Crippen LogP contribution in [0.1, 0.15) is 31.4 Å². The molecule has 1 aromatic heterocycles. The third-order valence-electron chi connectivity index (χ3n) is 2.75. The quantitative estimate of drug-likeness (QED) is 0.795. The number of carbonyl (C=O) groups is 1. The molecule has 2 heterocycles. The Bertz CT molecular complexity index is 354. The average molecular weight is 223 g/mol. The predicted octanol–water partition coefficient (Wildman–Crippen LogP) is 2.39. The number of urea groups is 1. The molecule has 1 aromatic rings. The zero-order valence-corrected chi connectivity index (χ0v) is 9.53. The predicted molar refractivity (Wildman–Crippen MR) is 60.3 cm³/mol. The van der Waals surface area contributed by atoms with E-state index in [9.17, 15) is 4.79 Å². The van der Waals surface area contributed by atoms with Crippen molar-refractivity contribution in [2.45, 2.75) is 32.6 Å². The van der Waals surface area contributed by atoms with Crippen LogP contribution in [0.5, 0.6) is 0 Å². The second kappa shape index (κ2) is 5.01. The Hall–Kier alpha value is -1.52. The molecule has 0 radical (unpaired) electrons. The monoisotopic (exact) mass is 223 g/mol. The highest BCUT2D eigenvalue weighted by atomic mass is 16.5. The van der Waals surface area contributed by atoms with Crippen molar-refractivity contribution in [1.29, 1.82) is 0 Å². The van der Waals surface area contributed by atoms with E-state index in [1.165, 1.54) is 12.8 Å². The number of hydrogen-bond acceptors (Lipinski definition) is 3. The Morgan fingerprint density at radius 2 is 2.06 bits per heavy atom. The zero-order valence-electron chi connectivity index (χ0n) is 9.53. The summed E-state index contributed by atoms with van der Waals surface area (Å²) < 4.78 is 4.95. The first-order valence-corrected chi connectivity index (χ1v) is 5.75. The molecule has 2 amide bonds. The van der Waals surface area contributed by atoms with Gasteiger partial charge in [0, 0.05) is 19.2 Å². The lowest BCUT2D eigenvalue weighted by Crippen LogP contribution is -2.35. The summed E-state index contributed by atoms with van der Waals surface area (Å²) in [5, 5.41) is 6.44. The number of aryl methyl sites for hydroxylation is 1. The average Bonchev–Trinajstić information content (AvgIpc) is 2.56. The fraction of sp³-hybridized carbons (Fsp3) is 0.636. The van der Waals surface area contributed by atoms with E-state index in [-0.39, 0.29) is 6.03 Å². The molecule has 1 fully saturated rings. The number of rotatable bonds is 1. The molecule has 88 valence electrons. The molecular weight excluding hydrogens is 206 g/mol. The Labute approximate surface area is 94.8 Å². The molecule has 2 rings (SSSR count). The molecule has 0 bridgehead atoms. The van der Waals surface area contributed by atoms with Gasteiger partial charge in [-0.1, -0.05) is 18.0 Å². The van der Waals surface area contributed by atoms with Gasteiger partial charge in [0.05, 0.1) is 5.69 Å². The van der Waals surface area contributed by atoms with Crippen molar-refractivity contribution in [1.82, 2.24) is 10.1 Å². The maximum atomic E-state index is 11.9. The van der Waals surface area contributed by atoms with Gasteiger partial charge in [-0.2, -0.15) is 0 Å². The number of aromatic nitrogens is 1. The molecule has 1 aliphatic heterocycles. The lowest BCUT2D eigenvalue weighted by molar-refractivity contribution is 0.213. The number of amides is 2. The topological polar surface area (TPSA) is 58.4 Å².